The largest absolute Gasteiger partial charge is 0.465 e. The zero-order chi connectivity index (χ0) is 32.2. The van der Waals surface area contributed by atoms with E-state index in [1.807, 2.05) is 63.2 Å². The number of methoxy groups -OCH3 is 1. The minimum atomic E-state index is -2.49. The van der Waals surface area contributed by atoms with Crippen molar-refractivity contribution in [2.75, 3.05) is 25.5 Å². The van der Waals surface area contributed by atoms with Crippen molar-refractivity contribution in [3.8, 4) is 0 Å². The van der Waals surface area contributed by atoms with Gasteiger partial charge in [0.15, 0.2) is 13.9 Å². The van der Waals surface area contributed by atoms with Crippen molar-refractivity contribution in [2.24, 2.45) is 0 Å². The summed E-state index contributed by atoms with van der Waals surface area (Å²) in [6.45, 7) is 19.1. The van der Waals surface area contributed by atoms with Crippen LogP contribution in [0.3, 0.4) is 0 Å². The second kappa shape index (κ2) is 13.4. The third kappa shape index (κ3) is 8.82. The summed E-state index contributed by atoms with van der Waals surface area (Å²) < 4.78 is 17.9. The number of ether oxygens (including phenoxy) is 2. The molecule has 0 saturated carbocycles. The fourth-order valence-corrected chi connectivity index (χ4v) is 6.02. The van der Waals surface area contributed by atoms with E-state index in [0.717, 1.165) is 16.5 Å². The number of anilines is 1. The van der Waals surface area contributed by atoms with Crippen LogP contribution in [0.4, 0.5) is 5.69 Å². The number of rotatable bonds is 11. The van der Waals surface area contributed by atoms with Crippen LogP contribution in [-0.2, 0) is 24.3 Å². The molecular weight excluding hydrogens is 580 g/mol. The maximum absolute atomic E-state index is 14.1. The summed E-state index contributed by atoms with van der Waals surface area (Å²) in [4.78, 5) is 26.0. The van der Waals surface area contributed by atoms with E-state index in [9.17, 15) is 9.59 Å². The molecule has 3 aromatic rings. The summed E-state index contributed by atoms with van der Waals surface area (Å²) >= 11 is 6.45. The monoisotopic (exact) mass is 626 g/mol. The van der Waals surface area contributed by atoms with Crippen molar-refractivity contribution >= 4 is 48.3 Å². The fourth-order valence-electron chi connectivity index (χ4n) is 4.38. The van der Waals surface area contributed by atoms with Gasteiger partial charge in [-0.2, -0.15) is 0 Å². The van der Waals surface area contributed by atoms with Crippen LogP contribution in [0.1, 0.15) is 64.4 Å². The number of nitrogens with one attached hydrogen (secondary N) is 2. The van der Waals surface area contributed by atoms with E-state index in [-0.39, 0.29) is 23.6 Å². The third-order valence-electron chi connectivity index (χ3n) is 7.83. The summed E-state index contributed by atoms with van der Waals surface area (Å²) in [5.41, 5.74) is 0.000787. The van der Waals surface area contributed by atoms with Crippen molar-refractivity contribution in [3.05, 3.63) is 76.8 Å². The highest BCUT2D eigenvalue weighted by Gasteiger charge is 2.52. The number of hydrogen-bond acceptors (Lipinski definition) is 7. The Morgan fingerprint density at radius 2 is 1.58 bits per heavy atom. The fraction of sp³-hybridized carbons (Fsp3) is 0.471. The van der Waals surface area contributed by atoms with Crippen LogP contribution in [0, 0.1) is 0 Å². The molecule has 0 aliphatic carbocycles. The SMILES string of the molecule is COC(=O)c1ccc2cc(NC[C@@H](C)NC[C@@](O[Si](C)(C)C(C)(C)C)(C(=O)OC(C)(C)C)c3cccc(Cl)c3)ccc2c1. The molecule has 0 bridgehead atoms. The summed E-state index contributed by atoms with van der Waals surface area (Å²) in [7, 11) is -1.11. The van der Waals surface area contributed by atoms with Gasteiger partial charge in [0.2, 0.25) is 0 Å². The van der Waals surface area contributed by atoms with E-state index >= 15 is 0 Å². The van der Waals surface area contributed by atoms with Crippen LogP contribution in [-0.4, -0.2) is 52.1 Å². The van der Waals surface area contributed by atoms with Crippen LogP contribution in [0.5, 0.6) is 0 Å². The normalized spacial score (nSPS) is 14.6. The number of fused-ring (bicyclic) bond motifs is 1. The molecule has 0 radical (unpaired) electrons. The molecule has 0 spiro atoms. The van der Waals surface area contributed by atoms with Gasteiger partial charge in [-0.1, -0.05) is 56.6 Å². The van der Waals surface area contributed by atoms with Gasteiger partial charge in [-0.25, -0.2) is 9.59 Å². The molecule has 0 unspecified atom stereocenters. The number of halogens is 1. The smallest absolute Gasteiger partial charge is 0.343 e. The summed E-state index contributed by atoms with van der Waals surface area (Å²) in [5, 5.41) is 9.37. The lowest BCUT2D eigenvalue weighted by molar-refractivity contribution is -0.176. The zero-order valence-electron chi connectivity index (χ0n) is 27.2. The van der Waals surface area contributed by atoms with Gasteiger partial charge >= 0.3 is 11.9 Å². The molecule has 43 heavy (non-hydrogen) atoms. The minimum Gasteiger partial charge on any atom is -0.465 e. The third-order valence-corrected chi connectivity index (χ3v) is 12.5. The van der Waals surface area contributed by atoms with Gasteiger partial charge in [-0.3, -0.25) is 0 Å². The lowest BCUT2D eigenvalue weighted by atomic mass is 9.93. The average Bonchev–Trinajstić information content (AvgIpc) is 2.91. The number of esters is 2. The molecule has 0 heterocycles. The lowest BCUT2D eigenvalue weighted by Gasteiger charge is -2.45. The van der Waals surface area contributed by atoms with Crippen LogP contribution in [0.15, 0.2) is 60.7 Å². The number of carbonyl (C=O) groups is 2. The molecule has 2 atom stereocenters. The molecule has 0 aliphatic heterocycles. The number of carbonyl (C=O) groups excluding carboxylic acids is 2. The predicted octanol–water partition coefficient (Wildman–Crippen LogP) is 7.93. The topological polar surface area (TPSA) is 85.9 Å². The first-order valence-corrected chi connectivity index (χ1v) is 17.9. The highest BCUT2D eigenvalue weighted by molar-refractivity contribution is 6.74. The van der Waals surface area contributed by atoms with Crippen molar-refractivity contribution in [3.63, 3.8) is 0 Å². The van der Waals surface area contributed by atoms with E-state index in [4.69, 9.17) is 25.5 Å². The first kappa shape index (κ1) is 34.6. The molecular formula is C34H47ClN2O5Si. The van der Waals surface area contributed by atoms with Gasteiger partial charge in [-0.05, 0) is 98.6 Å². The second-order valence-corrected chi connectivity index (χ2v) is 18.8. The maximum Gasteiger partial charge on any atom is 0.343 e. The Hall–Kier alpha value is -2.91. The molecule has 3 rings (SSSR count). The number of hydrogen-bond donors (Lipinski definition) is 2. The van der Waals surface area contributed by atoms with Gasteiger partial charge in [0.05, 0.1) is 12.7 Å². The second-order valence-electron chi connectivity index (χ2n) is 13.6. The van der Waals surface area contributed by atoms with Gasteiger partial charge < -0.3 is 24.5 Å². The Labute approximate surface area is 262 Å². The number of benzene rings is 3. The van der Waals surface area contributed by atoms with Gasteiger partial charge in [0, 0.05) is 29.8 Å². The molecule has 7 nitrogen and oxygen atoms in total. The lowest BCUT2D eigenvalue weighted by Crippen LogP contribution is -2.58. The first-order valence-electron chi connectivity index (χ1n) is 14.7. The molecule has 0 saturated heterocycles. The van der Waals surface area contributed by atoms with Crippen molar-refractivity contribution in [1.82, 2.24) is 5.32 Å². The molecule has 0 aliphatic rings. The van der Waals surface area contributed by atoms with E-state index in [2.05, 4.69) is 51.4 Å². The Bertz CT molecular complexity index is 1450. The molecule has 0 fully saturated rings. The van der Waals surface area contributed by atoms with E-state index in [0.29, 0.717) is 22.7 Å². The molecule has 9 heteroatoms. The Balaban J connectivity index is 1.87. The van der Waals surface area contributed by atoms with Crippen LogP contribution in [0.2, 0.25) is 23.2 Å². The Morgan fingerprint density at radius 3 is 2.19 bits per heavy atom. The van der Waals surface area contributed by atoms with Crippen LogP contribution in [0.25, 0.3) is 10.8 Å². The maximum atomic E-state index is 14.1. The molecule has 2 N–H and O–H groups in total. The molecule has 3 aromatic carbocycles. The van der Waals surface area contributed by atoms with E-state index < -0.39 is 25.5 Å². The summed E-state index contributed by atoms with van der Waals surface area (Å²) in [6, 6.07) is 18.8. The highest BCUT2D eigenvalue weighted by Crippen LogP contribution is 2.43. The zero-order valence-corrected chi connectivity index (χ0v) is 28.9. The standard InChI is InChI=1S/C34H47ClN2O5Si/c1-23(21-36-29-17-16-24-18-26(30(38)40-8)15-14-25(24)19-29)37-22-34(31(39)41-32(2,3)4,27-12-11-13-28(35)20-27)42-43(9,10)33(5,6)7/h11-20,23,36-37H,21-22H2,1-10H3/t23-,34+/m1/s1. The average molecular weight is 627 g/mol. The van der Waals surface area contributed by atoms with Gasteiger partial charge in [0.25, 0.3) is 0 Å². The van der Waals surface area contributed by atoms with E-state index in [1.165, 1.54) is 7.11 Å². The Kier molecular flexibility index (Phi) is 10.8. The van der Waals surface area contributed by atoms with Gasteiger partial charge in [0.1, 0.15) is 5.60 Å². The summed E-state index contributed by atoms with van der Waals surface area (Å²) in [6.07, 6.45) is 0. The molecule has 0 amide bonds. The van der Waals surface area contributed by atoms with Crippen molar-refractivity contribution in [2.45, 2.75) is 83.8 Å². The molecule has 0 aromatic heterocycles. The first-order chi connectivity index (χ1) is 19.9. The summed E-state index contributed by atoms with van der Waals surface area (Å²) in [5.74, 6) is -0.803. The molecule has 234 valence electrons. The van der Waals surface area contributed by atoms with Crippen LogP contribution >= 0.6 is 11.6 Å². The van der Waals surface area contributed by atoms with Gasteiger partial charge in [-0.15, -0.1) is 0 Å². The Morgan fingerprint density at radius 1 is 0.930 bits per heavy atom. The van der Waals surface area contributed by atoms with E-state index in [1.54, 1.807) is 18.2 Å². The highest BCUT2D eigenvalue weighted by atomic mass is 35.5. The quantitative estimate of drug-likeness (QED) is 0.165. The van der Waals surface area contributed by atoms with Crippen molar-refractivity contribution < 1.29 is 23.5 Å². The van der Waals surface area contributed by atoms with Crippen molar-refractivity contribution in [1.29, 1.82) is 0 Å². The predicted molar refractivity (Wildman–Crippen MR) is 178 cm³/mol. The minimum absolute atomic E-state index is 0.0404. The van der Waals surface area contributed by atoms with Crippen LogP contribution < -0.4 is 10.6 Å².